The van der Waals surface area contributed by atoms with Gasteiger partial charge in [-0.3, -0.25) is 0 Å². The summed E-state index contributed by atoms with van der Waals surface area (Å²) in [5, 5.41) is 0. The van der Waals surface area contributed by atoms with E-state index in [-0.39, 0.29) is 0 Å². The van der Waals surface area contributed by atoms with E-state index in [2.05, 4.69) is 20.8 Å². The first kappa shape index (κ1) is 14.2. The van der Waals surface area contributed by atoms with Gasteiger partial charge in [-0.2, -0.15) is 0 Å². The lowest BCUT2D eigenvalue weighted by Gasteiger charge is -1.90. The van der Waals surface area contributed by atoms with Crippen molar-refractivity contribution in [3.05, 3.63) is 0 Å². The van der Waals surface area contributed by atoms with Crippen molar-refractivity contribution in [2.24, 2.45) is 0 Å². The van der Waals surface area contributed by atoms with Gasteiger partial charge < -0.3 is 4.79 Å². The Bertz CT molecular complexity index is 67.4. The smallest absolute Gasteiger partial charge is 0.119 e. The van der Waals surface area contributed by atoms with Crippen LogP contribution in [0.2, 0.25) is 0 Å². The van der Waals surface area contributed by atoms with Gasteiger partial charge in [0.2, 0.25) is 0 Å². The Morgan fingerprint density at radius 3 is 1.75 bits per heavy atom. The van der Waals surface area contributed by atoms with Crippen molar-refractivity contribution in [2.75, 3.05) is 0 Å². The average molecular weight is 172 g/mol. The van der Waals surface area contributed by atoms with Crippen LogP contribution in [0.5, 0.6) is 0 Å². The standard InChI is InChI=1S/C7H14O.C4H10/c1-2-3-4-5-6-7-8;1-3-4-2/h7H,2-6H2,1H3;3-4H2,1-2H3. The van der Waals surface area contributed by atoms with Gasteiger partial charge in [0.25, 0.3) is 0 Å². The first-order valence-corrected chi connectivity index (χ1v) is 5.27. The van der Waals surface area contributed by atoms with Gasteiger partial charge in [0.1, 0.15) is 6.29 Å². The van der Waals surface area contributed by atoms with Gasteiger partial charge in [-0.25, -0.2) is 0 Å². The molecule has 74 valence electrons. The highest BCUT2D eigenvalue weighted by Gasteiger charge is 1.83. The van der Waals surface area contributed by atoms with E-state index >= 15 is 0 Å². The van der Waals surface area contributed by atoms with Crippen molar-refractivity contribution in [1.29, 1.82) is 0 Å². The first-order valence-electron chi connectivity index (χ1n) is 5.27. The van der Waals surface area contributed by atoms with Gasteiger partial charge in [0, 0.05) is 6.42 Å². The summed E-state index contributed by atoms with van der Waals surface area (Å²) < 4.78 is 0. The molecule has 0 radical (unpaired) electrons. The summed E-state index contributed by atoms with van der Waals surface area (Å²) in [6.07, 6.45) is 9.20. The number of rotatable bonds is 6. The van der Waals surface area contributed by atoms with E-state index in [0.29, 0.717) is 0 Å². The van der Waals surface area contributed by atoms with Gasteiger partial charge in [-0.1, -0.05) is 52.9 Å². The Hall–Kier alpha value is -0.330. The zero-order valence-corrected chi connectivity index (χ0v) is 8.94. The van der Waals surface area contributed by atoms with Crippen LogP contribution in [-0.4, -0.2) is 6.29 Å². The van der Waals surface area contributed by atoms with E-state index in [9.17, 15) is 4.79 Å². The Morgan fingerprint density at radius 2 is 1.42 bits per heavy atom. The SMILES string of the molecule is CCCC.CCCCCCC=O. The van der Waals surface area contributed by atoms with Crippen molar-refractivity contribution in [2.45, 2.75) is 65.7 Å². The number of hydrogen-bond acceptors (Lipinski definition) is 1. The van der Waals surface area contributed by atoms with Gasteiger partial charge in [0.15, 0.2) is 0 Å². The zero-order chi connectivity index (χ0) is 9.66. The molecule has 12 heavy (non-hydrogen) atoms. The van der Waals surface area contributed by atoms with Gasteiger partial charge in [-0.15, -0.1) is 0 Å². The number of aldehydes is 1. The monoisotopic (exact) mass is 172 g/mol. The summed E-state index contributed by atoms with van der Waals surface area (Å²) in [5.74, 6) is 0. The summed E-state index contributed by atoms with van der Waals surface area (Å²) in [7, 11) is 0. The second kappa shape index (κ2) is 17.0. The Morgan fingerprint density at radius 1 is 0.833 bits per heavy atom. The van der Waals surface area contributed by atoms with Crippen molar-refractivity contribution in [3.63, 3.8) is 0 Å². The lowest BCUT2D eigenvalue weighted by Crippen LogP contribution is -1.76. The third kappa shape index (κ3) is 22.6. The van der Waals surface area contributed by atoms with E-state index in [1.165, 1.54) is 32.1 Å². The highest BCUT2D eigenvalue weighted by molar-refractivity contribution is 5.48. The second-order valence-corrected chi connectivity index (χ2v) is 3.02. The maximum absolute atomic E-state index is 9.77. The van der Waals surface area contributed by atoms with Crippen LogP contribution in [0.1, 0.15) is 65.7 Å². The molecule has 0 spiro atoms. The molecule has 1 heteroatoms. The topological polar surface area (TPSA) is 17.1 Å². The van der Waals surface area contributed by atoms with E-state index in [1.807, 2.05) is 0 Å². The summed E-state index contributed by atoms with van der Waals surface area (Å²) in [6.45, 7) is 6.53. The predicted octanol–water partition coefficient (Wildman–Crippen LogP) is 3.96. The minimum Gasteiger partial charge on any atom is -0.303 e. The molecule has 0 unspecified atom stereocenters. The molecule has 0 rings (SSSR count). The summed E-state index contributed by atoms with van der Waals surface area (Å²) in [5.41, 5.74) is 0. The summed E-state index contributed by atoms with van der Waals surface area (Å²) >= 11 is 0. The molecular formula is C11H24O. The van der Waals surface area contributed by atoms with Crippen LogP contribution in [-0.2, 0) is 4.79 Å². The van der Waals surface area contributed by atoms with Gasteiger partial charge in [-0.05, 0) is 6.42 Å². The maximum atomic E-state index is 9.77. The van der Waals surface area contributed by atoms with Gasteiger partial charge >= 0.3 is 0 Å². The van der Waals surface area contributed by atoms with Crippen LogP contribution >= 0.6 is 0 Å². The first-order chi connectivity index (χ1) is 5.83. The largest absolute Gasteiger partial charge is 0.303 e. The molecule has 0 aliphatic carbocycles. The average Bonchev–Trinajstić information content (AvgIpc) is 2.13. The Labute approximate surface area is 77.6 Å². The number of carbonyl (C=O) groups is 1. The van der Waals surface area contributed by atoms with Crippen LogP contribution < -0.4 is 0 Å². The molecule has 0 saturated heterocycles. The lowest BCUT2D eigenvalue weighted by atomic mass is 10.2. The molecule has 0 fully saturated rings. The minimum atomic E-state index is 0.750. The molecule has 0 saturated carbocycles. The normalized spacial score (nSPS) is 8.58. The summed E-state index contributed by atoms with van der Waals surface area (Å²) in [4.78, 5) is 9.77. The summed E-state index contributed by atoms with van der Waals surface area (Å²) in [6, 6.07) is 0. The number of unbranched alkanes of at least 4 members (excludes halogenated alkanes) is 5. The Kier molecular flexibility index (Phi) is 20.1. The molecule has 0 aromatic rings. The van der Waals surface area contributed by atoms with Crippen LogP contribution in [0.4, 0.5) is 0 Å². The van der Waals surface area contributed by atoms with Crippen molar-refractivity contribution in [1.82, 2.24) is 0 Å². The van der Waals surface area contributed by atoms with Crippen molar-refractivity contribution >= 4 is 6.29 Å². The Balaban J connectivity index is 0. The van der Waals surface area contributed by atoms with E-state index in [1.54, 1.807) is 0 Å². The van der Waals surface area contributed by atoms with E-state index in [0.717, 1.165) is 19.1 Å². The maximum Gasteiger partial charge on any atom is 0.119 e. The molecule has 0 aliphatic heterocycles. The number of hydrogen-bond donors (Lipinski definition) is 0. The molecular weight excluding hydrogens is 148 g/mol. The third-order valence-corrected chi connectivity index (χ3v) is 1.68. The second-order valence-electron chi connectivity index (χ2n) is 3.02. The zero-order valence-electron chi connectivity index (χ0n) is 8.94. The molecule has 0 aromatic carbocycles. The molecule has 0 atom stereocenters. The van der Waals surface area contributed by atoms with E-state index < -0.39 is 0 Å². The van der Waals surface area contributed by atoms with Crippen LogP contribution in [0.25, 0.3) is 0 Å². The van der Waals surface area contributed by atoms with Crippen LogP contribution in [0.15, 0.2) is 0 Å². The molecule has 0 aromatic heterocycles. The van der Waals surface area contributed by atoms with E-state index in [4.69, 9.17) is 0 Å². The van der Waals surface area contributed by atoms with Crippen molar-refractivity contribution < 1.29 is 4.79 Å². The van der Waals surface area contributed by atoms with Crippen LogP contribution in [0.3, 0.4) is 0 Å². The molecule has 0 aliphatic rings. The molecule has 1 nitrogen and oxygen atoms in total. The lowest BCUT2D eigenvalue weighted by molar-refractivity contribution is -0.107. The van der Waals surface area contributed by atoms with Crippen LogP contribution in [0, 0.1) is 0 Å². The fourth-order valence-electron chi connectivity index (χ4n) is 0.654. The van der Waals surface area contributed by atoms with Gasteiger partial charge in [0.05, 0.1) is 0 Å². The fraction of sp³-hybridized carbons (Fsp3) is 0.909. The molecule has 0 N–H and O–H groups in total. The molecule has 0 amide bonds. The fourth-order valence-corrected chi connectivity index (χ4v) is 0.654. The molecule has 0 heterocycles. The van der Waals surface area contributed by atoms with Crippen molar-refractivity contribution in [3.8, 4) is 0 Å². The predicted molar refractivity (Wildman–Crippen MR) is 55.4 cm³/mol. The highest BCUT2D eigenvalue weighted by atomic mass is 16.1. The minimum absolute atomic E-state index is 0.750. The number of carbonyl (C=O) groups excluding carboxylic acids is 1. The highest BCUT2D eigenvalue weighted by Crippen LogP contribution is 1.99. The third-order valence-electron chi connectivity index (χ3n) is 1.68. The molecule has 0 bridgehead atoms. The quantitative estimate of drug-likeness (QED) is 0.438.